The van der Waals surface area contributed by atoms with Gasteiger partial charge in [0.05, 0.1) is 17.0 Å². The zero-order chi connectivity index (χ0) is 12.1. The number of rotatable bonds is 5. The lowest BCUT2D eigenvalue weighted by atomic mass is 10.1. The number of hydrogen-bond donors (Lipinski definition) is 2. The minimum atomic E-state index is -0.915. The summed E-state index contributed by atoms with van der Waals surface area (Å²) in [6.45, 7) is 1.59. The van der Waals surface area contributed by atoms with Crippen LogP contribution < -0.4 is 0 Å². The van der Waals surface area contributed by atoms with E-state index >= 15 is 0 Å². The van der Waals surface area contributed by atoms with Crippen molar-refractivity contribution in [3.05, 3.63) is 23.0 Å². The van der Waals surface area contributed by atoms with E-state index in [1.165, 1.54) is 6.20 Å². The molecule has 0 fully saturated rings. The second-order valence-corrected chi connectivity index (χ2v) is 4.12. The Morgan fingerprint density at radius 2 is 2.31 bits per heavy atom. The van der Waals surface area contributed by atoms with E-state index in [0.717, 1.165) is 11.8 Å². The second-order valence-electron chi connectivity index (χ2n) is 3.14. The molecule has 0 bridgehead atoms. The number of pyridine rings is 1. The normalized spacial score (nSPS) is 10.1. The van der Waals surface area contributed by atoms with Crippen molar-refractivity contribution in [2.24, 2.45) is 0 Å². The van der Waals surface area contributed by atoms with Crippen LogP contribution in [0.3, 0.4) is 0 Å². The van der Waals surface area contributed by atoms with Crippen LogP contribution in [0.4, 0.5) is 0 Å². The molecule has 6 heteroatoms. The first-order valence-electron chi connectivity index (χ1n) is 4.48. The molecule has 16 heavy (non-hydrogen) atoms. The topological polar surface area (TPSA) is 87.5 Å². The van der Waals surface area contributed by atoms with E-state index < -0.39 is 5.97 Å². The Balaban J connectivity index is 2.84. The van der Waals surface area contributed by atoms with E-state index in [1.807, 2.05) is 0 Å². The lowest BCUT2D eigenvalue weighted by molar-refractivity contribution is -0.133. The summed E-state index contributed by atoms with van der Waals surface area (Å²) in [6.07, 6.45) is 2.04. The maximum atomic E-state index is 10.8. The summed E-state index contributed by atoms with van der Waals surface area (Å²) in [5.41, 5.74) is 1.11. The van der Waals surface area contributed by atoms with Gasteiger partial charge in [-0.15, -0.1) is 11.8 Å². The molecule has 0 saturated heterocycles. The summed E-state index contributed by atoms with van der Waals surface area (Å²) < 4.78 is 0. The van der Waals surface area contributed by atoms with Crippen molar-refractivity contribution < 1.29 is 19.8 Å². The van der Waals surface area contributed by atoms with Crippen LogP contribution in [0.15, 0.2) is 6.20 Å². The molecule has 1 heterocycles. The number of aliphatic carboxylic acids is 1. The molecule has 0 radical (unpaired) electrons. The first-order chi connectivity index (χ1) is 7.56. The maximum Gasteiger partial charge on any atom is 0.313 e. The maximum absolute atomic E-state index is 10.8. The lowest BCUT2D eigenvalue weighted by Crippen LogP contribution is -2.00. The Kier molecular flexibility index (Phi) is 4.30. The smallest absolute Gasteiger partial charge is 0.313 e. The highest BCUT2D eigenvalue weighted by molar-refractivity contribution is 7.99. The molecule has 0 unspecified atom stereocenters. The van der Waals surface area contributed by atoms with Gasteiger partial charge in [0.1, 0.15) is 5.75 Å². The van der Waals surface area contributed by atoms with E-state index in [-0.39, 0.29) is 17.1 Å². The van der Waals surface area contributed by atoms with Crippen molar-refractivity contribution in [3.63, 3.8) is 0 Å². The number of carboxylic acids is 1. The van der Waals surface area contributed by atoms with E-state index in [9.17, 15) is 14.7 Å². The monoisotopic (exact) mass is 241 g/mol. The number of thioether (sulfide) groups is 1. The fraction of sp³-hybridized carbons (Fsp3) is 0.300. The van der Waals surface area contributed by atoms with Gasteiger partial charge in [0.15, 0.2) is 6.29 Å². The highest BCUT2D eigenvalue weighted by Crippen LogP contribution is 2.24. The molecule has 1 aromatic rings. The van der Waals surface area contributed by atoms with Gasteiger partial charge in [0.25, 0.3) is 0 Å². The van der Waals surface area contributed by atoms with Crippen LogP contribution in [0.5, 0.6) is 5.75 Å². The van der Waals surface area contributed by atoms with Gasteiger partial charge in [0.2, 0.25) is 0 Å². The summed E-state index contributed by atoms with van der Waals surface area (Å²) in [6, 6.07) is 0. The first kappa shape index (κ1) is 12.5. The van der Waals surface area contributed by atoms with Gasteiger partial charge in [-0.1, -0.05) is 0 Å². The van der Waals surface area contributed by atoms with Crippen molar-refractivity contribution >= 4 is 24.0 Å². The quantitative estimate of drug-likeness (QED) is 0.754. The Morgan fingerprint density at radius 3 is 2.88 bits per heavy atom. The van der Waals surface area contributed by atoms with Crippen LogP contribution in [-0.2, 0) is 10.5 Å². The Bertz CT molecular complexity index is 420. The number of carbonyl (C=O) groups excluding carboxylic acids is 1. The molecule has 1 rings (SSSR count). The summed E-state index contributed by atoms with van der Waals surface area (Å²) in [5, 5.41) is 18.0. The van der Waals surface area contributed by atoms with E-state index in [2.05, 4.69) is 4.98 Å². The lowest BCUT2D eigenvalue weighted by Gasteiger charge is -2.07. The summed E-state index contributed by atoms with van der Waals surface area (Å²) >= 11 is 1.15. The van der Waals surface area contributed by atoms with Crippen molar-refractivity contribution in [1.29, 1.82) is 0 Å². The SMILES string of the molecule is Cc1ncc(CSCC(=O)O)c(C=O)c1O. The molecule has 5 nitrogen and oxygen atoms in total. The molecule has 0 aliphatic carbocycles. The van der Waals surface area contributed by atoms with Crippen LogP contribution >= 0.6 is 11.8 Å². The standard InChI is InChI=1S/C10H11NO4S/c1-6-10(15)8(3-12)7(2-11-6)4-16-5-9(13)14/h2-3,15H,4-5H2,1H3,(H,13,14). The van der Waals surface area contributed by atoms with E-state index in [4.69, 9.17) is 5.11 Å². The van der Waals surface area contributed by atoms with E-state index in [1.54, 1.807) is 6.92 Å². The summed E-state index contributed by atoms with van der Waals surface area (Å²) in [5.74, 6) is -0.765. The highest BCUT2D eigenvalue weighted by Gasteiger charge is 2.11. The van der Waals surface area contributed by atoms with Gasteiger partial charge in [-0.3, -0.25) is 14.6 Å². The van der Waals surface area contributed by atoms with Gasteiger partial charge in [0, 0.05) is 11.9 Å². The number of aldehydes is 1. The number of aryl methyl sites for hydroxylation is 1. The Labute approximate surface area is 96.5 Å². The van der Waals surface area contributed by atoms with Gasteiger partial charge in [-0.2, -0.15) is 0 Å². The molecule has 0 spiro atoms. The predicted molar refractivity (Wildman–Crippen MR) is 59.8 cm³/mol. The number of carboxylic acid groups (broad SMARTS) is 1. The zero-order valence-corrected chi connectivity index (χ0v) is 9.45. The van der Waals surface area contributed by atoms with Gasteiger partial charge in [-0.25, -0.2) is 0 Å². The molecule has 86 valence electrons. The molecule has 0 amide bonds. The molecule has 2 N–H and O–H groups in total. The largest absolute Gasteiger partial charge is 0.505 e. The molecular weight excluding hydrogens is 230 g/mol. The Hall–Kier alpha value is -1.56. The van der Waals surface area contributed by atoms with E-state index in [0.29, 0.717) is 23.3 Å². The van der Waals surface area contributed by atoms with Crippen molar-refractivity contribution in [1.82, 2.24) is 4.98 Å². The minimum Gasteiger partial charge on any atom is -0.505 e. The van der Waals surface area contributed by atoms with Gasteiger partial charge < -0.3 is 10.2 Å². The predicted octanol–water partition coefficient (Wildman–Crippen LogP) is 1.23. The first-order valence-corrected chi connectivity index (χ1v) is 5.64. The number of aromatic hydroxyl groups is 1. The number of nitrogens with zero attached hydrogens (tertiary/aromatic N) is 1. The van der Waals surface area contributed by atoms with Crippen LogP contribution in [0.2, 0.25) is 0 Å². The van der Waals surface area contributed by atoms with Gasteiger partial charge in [-0.05, 0) is 12.5 Å². The molecule has 0 aromatic carbocycles. The van der Waals surface area contributed by atoms with Crippen LogP contribution in [0.1, 0.15) is 21.6 Å². The molecule has 0 atom stereocenters. The number of aromatic nitrogens is 1. The third kappa shape index (κ3) is 2.96. The minimum absolute atomic E-state index is 0.0487. The number of carbonyl (C=O) groups is 2. The Morgan fingerprint density at radius 1 is 1.62 bits per heavy atom. The summed E-state index contributed by atoms with van der Waals surface area (Å²) in [4.78, 5) is 25.0. The van der Waals surface area contributed by atoms with Crippen molar-refractivity contribution in [2.45, 2.75) is 12.7 Å². The summed E-state index contributed by atoms with van der Waals surface area (Å²) in [7, 11) is 0. The second kappa shape index (κ2) is 5.50. The molecular formula is C10H11NO4S. The fourth-order valence-electron chi connectivity index (χ4n) is 1.15. The van der Waals surface area contributed by atoms with Gasteiger partial charge >= 0.3 is 5.97 Å². The molecule has 1 aromatic heterocycles. The average Bonchev–Trinajstić information content (AvgIpc) is 2.23. The van der Waals surface area contributed by atoms with Crippen molar-refractivity contribution in [2.75, 3.05) is 5.75 Å². The molecule has 0 aliphatic heterocycles. The third-order valence-corrected chi connectivity index (χ3v) is 2.92. The average molecular weight is 241 g/mol. The van der Waals surface area contributed by atoms with Crippen LogP contribution in [0, 0.1) is 6.92 Å². The molecule has 0 aliphatic rings. The number of hydrogen-bond acceptors (Lipinski definition) is 5. The van der Waals surface area contributed by atoms with Crippen LogP contribution in [0.25, 0.3) is 0 Å². The fourth-order valence-corrected chi connectivity index (χ4v) is 1.87. The zero-order valence-electron chi connectivity index (χ0n) is 8.64. The highest BCUT2D eigenvalue weighted by atomic mass is 32.2. The van der Waals surface area contributed by atoms with Crippen LogP contribution in [-0.4, -0.2) is 33.2 Å². The molecule has 0 saturated carbocycles. The van der Waals surface area contributed by atoms with Crippen molar-refractivity contribution in [3.8, 4) is 5.75 Å². The third-order valence-electron chi connectivity index (χ3n) is 1.96.